The molecule has 1 N–H and O–H groups in total. The van der Waals surface area contributed by atoms with Gasteiger partial charge in [-0.15, -0.1) is 11.3 Å². The molecule has 1 atom stereocenters. The maximum atomic E-state index is 13.4. The lowest BCUT2D eigenvalue weighted by atomic mass is 9.94. The Morgan fingerprint density at radius 1 is 0.944 bits per heavy atom. The first-order chi connectivity index (χ1) is 17.3. The first kappa shape index (κ1) is 25.4. The number of halogens is 1. The van der Waals surface area contributed by atoms with Gasteiger partial charge in [-0.25, -0.2) is 0 Å². The van der Waals surface area contributed by atoms with E-state index in [0.29, 0.717) is 17.1 Å². The summed E-state index contributed by atoms with van der Waals surface area (Å²) in [6, 6.07) is 10.9. The van der Waals surface area contributed by atoms with Gasteiger partial charge < -0.3 is 29.0 Å². The van der Waals surface area contributed by atoms with Gasteiger partial charge in [0.05, 0.1) is 57.2 Å². The molecule has 10 heteroatoms. The first-order valence-corrected chi connectivity index (χ1v) is 12.0. The molecular formula is C26H24ClNO7S. The highest BCUT2D eigenvalue weighted by molar-refractivity contribution is 7.09. The van der Waals surface area contributed by atoms with Gasteiger partial charge in [0.1, 0.15) is 17.3 Å². The van der Waals surface area contributed by atoms with Crippen LogP contribution < -0.4 is 18.9 Å². The Labute approximate surface area is 217 Å². The van der Waals surface area contributed by atoms with Gasteiger partial charge >= 0.3 is 0 Å². The first-order valence-electron chi connectivity index (χ1n) is 10.8. The molecule has 36 heavy (non-hydrogen) atoms. The van der Waals surface area contributed by atoms with Gasteiger partial charge in [0.25, 0.3) is 11.7 Å². The predicted molar refractivity (Wildman–Crippen MR) is 136 cm³/mol. The number of methoxy groups -OCH3 is 4. The average Bonchev–Trinajstić information content (AvgIpc) is 3.50. The van der Waals surface area contributed by atoms with Crippen molar-refractivity contribution in [1.82, 2.24) is 4.90 Å². The minimum Gasteiger partial charge on any atom is -0.507 e. The molecule has 0 aliphatic carbocycles. The number of ketones is 1. The number of carbonyl (C=O) groups excluding carboxylic acids is 2. The van der Waals surface area contributed by atoms with Crippen molar-refractivity contribution in [3.63, 3.8) is 0 Å². The van der Waals surface area contributed by atoms with E-state index in [2.05, 4.69) is 0 Å². The summed E-state index contributed by atoms with van der Waals surface area (Å²) in [5.41, 5.74) is 0.634. The van der Waals surface area contributed by atoms with Gasteiger partial charge in [-0.05, 0) is 35.2 Å². The van der Waals surface area contributed by atoms with E-state index in [4.69, 9.17) is 30.5 Å². The Kier molecular flexibility index (Phi) is 7.42. The largest absolute Gasteiger partial charge is 0.507 e. The van der Waals surface area contributed by atoms with Crippen LogP contribution in [0.1, 0.15) is 22.0 Å². The van der Waals surface area contributed by atoms with Crippen LogP contribution in [-0.2, 0) is 16.1 Å². The van der Waals surface area contributed by atoms with Crippen LogP contribution in [0.15, 0.2) is 53.4 Å². The van der Waals surface area contributed by atoms with Crippen molar-refractivity contribution < 1.29 is 33.6 Å². The van der Waals surface area contributed by atoms with Gasteiger partial charge in [0.2, 0.25) is 0 Å². The number of hydrogen-bond acceptors (Lipinski definition) is 8. The van der Waals surface area contributed by atoms with Crippen molar-refractivity contribution in [1.29, 1.82) is 0 Å². The lowest BCUT2D eigenvalue weighted by molar-refractivity contribution is -0.140. The molecule has 4 rings (SSSR count). The molecule has 0 bridgehead atoms. The zero-order valence-electron chi connectivity index (χ0n) is 20.0. The molecule has 1 aliphatic heterocycles. The van der Waals surface area contributed by atoms with Crippen LogP contribution in [0.25, 0.3) is 5.76 Å². The fraction of sp³-hybridized carbons (Fsp3) is 0.231. The van der Waals surface area contributed by atoms with E-state index < -0.39 is 23.5 Å². The van der Waals surface area contributed by atoms with E-state index in [1.54, 1.807) is 18.2 Å². The number of benzene rings is 2. The Bertz CT molecular complexity index is 1340. The highest BCUT2D eigenvalue weighted by Gasteiger charge is 2.46. The topological polar surface area (TPSA) is 94.5 Å². The molecule has 1 amide bonds. The number of Topliss-reactive ketones (excluding diaryl/α,β-unsaturated/α-hetero) is 1. The van der Waals surface area contributed by atoms with Gasteiger partial charge in [-0.3, -0.25) is 9.59 Å². The summed E-state index contributed by atoms with van der Waals surface area (Å²) in [6.07, 6.45) is 0. The van der Waals surface area contributed by atoms with E-state index in [-0.39, 0.29) is 34.2 Å². The lowest BCUT2D eigenvalue weighted by Gasteiger charge is -2.25. The summed E-state index contributed by atoms with van der Waals surface area (Å²) in [5, 5.41) is 13.6. The number of nitrogens with zero attached hydrogens (tertiary/aromatic N) is 1. The van der Waals surface area contributed by atoms with Crippen LogP contribution in [0.2, 0.25) is 5.02 Å². The maximum Gasteiger partial charge on any atom is 0.295 e. The van der Waals surface area contributed by atoms with Crippen molar-refractivity contribution in [2.75, 3.05) is 28.4 Å². The number of hydrogen-bond donors (Lipinski definition) is 1. The third-order valence-corrected chi connectivity index (χ3v) is 7.06. The average molecular weight is 530 g/mol. The third kappa shape index (κ3) is 4.47. The van der Waals surface area contributed by atoms with Gasteiger partial charge in [-0.2, -0.15) is 0 Å². The Balaban J connectivity index is 1.95. The second-order valence-electron chi connectivity index (χ2n) is 7.81. The molecule has 0 spiro atoms. The standard InChI is InChI=1S/C26H24ClNO7S/c1-32-18-8-7-14(10-21(18)35-4)23-22(25(30)26(31)28(23)13-15-6-5-9-36-15)24(29)16-11-20(34-3)17(27)12-19(16)33-2/h5-12,23,29H,13H2,1-4H3/b24-22+. The Morgan fingerprint density at radius 2 is 1.64 bits per heavy atom. The molecule has 1 saturated heterocycles. The SMILES string of the molecule is COc1cc(/C(O)=C2\C(=O)C(=O)N(Cc3cccs3)C2c2ccc(OC)c(OC)c2)c(OC)cc1Cl. The van der Waals surface area contributed by atoms with Crippen LogP contribution in [0, 0.1) is 0 Å². The van der Waals surface area contributed by atoms with Crippen LogP contribution in [-0.4, -0.2) is 50.1 Å². The van der Waals surface area contributed by atoms with Crippen molar-refractivity contribution in [2.24, 2.45) is 0 Å². The van der Waals surface area contributed by atoms with Crippen molar-refractivity contribution in [2.45, 2.75) is 12.6 Å². The molecular weight excluding hydrogens is 506 g/mol. The normalized spacial score (nSPS) is 16.8. The summed E-state index contributed by atoms with van der Waals surface area (Å²) in [6.45, 7) is 0.180. The summed E-state index contributed by atoms with van der Waals surface area (Å²) < 4.78 is 21.5. The van der Waals surface area contributed by atoms with Crippen molar-refractivity contribution in [3.8, 4) is 23.0 Å². The summed E-state index contributed by atoms with van der Waals surface area (Å²) in [7, 11) is 5.85. The van der Waals surface area contributed by atoms with E-state index >= 15 is 0 Å². The molecule has 0 radical (unpaired) electrons. The Hall–Kier alpha value is -3.69. The number of thiophene rings is 1. The minimum absolute atomic E-state index is 0.0912. The molecule has 8 nitrogen and oxygen atoms in total. The Morgan fingerprint density at radius 3 is 2.25 bits per heavy atom. The highest BCUT2D eigenvalue weighted by atomic mass is 35.5. The zero-order valence-corrected chi connectivity index (χ0v) is 21.6. The number of amides is 1. The van der Waals surface area contributed by atoms with Gasteiger partial charge in [-0.1, -0.05) is 23.7 Å². The summed E-state index contributed by atoms with van der Waals surface area (Å²) >= 11 is 7.69. The monoisotopic (exact) mass is 529 g/mol. The van der Waals surface area contributed by atoms with E-state index in [1.165, 1.54) is 56.8 Å². The zero-order chi connectivity index (χ0) is 26.0. The van der Waals surface area contributed by atoms with Gasteiger partial charge in [0.15, 0.2) is 11.5 Å². The maximum absolute atomic E-state index is 13.4. The minimum atomic E-state index is -0.904. The molecule has 2 aromatic carbocycles. The number of carbonyl (C=O) groups is 2. The van der Waals surface area contributed by atoms with E-state index in [0.717, 1.165) is 4.88 Å². The molecule has 0 saturated carbocycles. The van der Waals surface area contributed by atoms with E-state index in [1.807, 2.05) is 17.5 Å². The quantitative estimate of drug-likeness (QED) is 0.248. The second-order valence-corrected chi connectivity index (χ2v) is 9.25. The predicted octanol–water partition coefficient (Wildman–Crippen LogP) is 5.06. The van der Waals surface area contributed by atoms with E-state index in [9.17, 15) is 14.7 Å². The highest BCUT2D eigenvalue weighted by Crippen LogP contribution is 2.45. The van der Waals surface area contributed by atoms with Crippen molar-refractivity contribution >= 4 is 40.4 Å². The van der Waals surface area contributed by atoms with Crippen LogP contribution in [0.4, 0.5) is 0 Å². The number of aliphatic hydroxyl groups is 1. The molecule has 3 aromatic rings. The molecule has 1 aliphatic rings. The fourth-order valence-corrected chi connectivity index (χ4v) is 5.11. The van der Waals surface area contributed by atoms with Crippen LogP contribution in [0.5, 0.6) is 23.0 Å². The molecule has 1 aromatic heterocycles. The third-order valence-electron chi connectivity index (χ3n) is 5.90. The molecule has 1 fully saturated rings. The van der Waals surface area contributed by atoms with Crippen LogP contribution >= 0.6 is 22.9 Å². The number of likely N-dealkylation sites (tertiary alicyclic amines) is 1. The number of rotatable bonds is 8. The smallest absolute Gasteiger partial charge is 0.295 e. The molecule has 2 heterocycles. The second kappa shape index (κ2) is 10.5. The van der Waals surface area contributed by atoms with Crippen molar-refractivity contribution in [3.05, 3.63) is 74.4 Å². The number of aliphatic hydroxyl groups excluding tert-OH is 1. The molecule has 1 unspecified atom stereocenters. The van der Waals surface area contributed by atoms with Gasteiger partial charge in [0, 0.05) is 10.9 Å². The number of ether oxygens (including phenoxy) is 4. The molecule has 188 valence electrons. The fourth-order valence-electron chi connectivity index (χ4n) is 4.17. The lowest BCUT2D eigenvalue weighted by Crippen LogP contribution is -2.28. The van der Waals surface area contributed by atoms with Crippen LogP contribution in [0.3, 0.4) is 0 Å². The summed E-state index contributed by atoms with van der Waals surface area (Å²) in [5.74, 6) is -0.565. The summed E-state index contributed by atoms with van der Waals surface area (Å²) in [4.78, 5) is 29.0.